The molecule has 2 N–H and O–H groups in total. The van der Waals surface area contributed by atoms with Gasteiger partial charge in [-0.25, -0.2) is 0 Å². The zero-order valence-electron chi connectivity index (χ0n) is 2.83. The molecule has 7 heavy (non-hydrogen) atoms. The van der Waals surface area contributed by atoms with E-state index >= 15 is 0 Å². The van der Waals surface area contributed by atoms with Gasteiger partial charge in [0, 0.05) is 0 Å². The van der Waals surface area contributed by atoms with Crippen LogP contribution >= 0.6 is 0 Å². The molecule has 0 aliphatic carbocycles. The molecule has 0 atom stereocenters. The van der Waals surface area contributed by atoms with E-state index in [4.69, 9.17) is 15.9 Å². The first kappa shape index (κ1) is 16.2. The van der Waals surface area contributed by atoms with Crippen LogP contribution in [0.3, 0.4) is 0 Å². The van der Waals surface area contributed by atoms with E-state index in [0.717, 1.165) is 0 Å². The standard InChI is InChI=1S/Cr.2H2O.2O.Pb.Sr.4H/h;2*1H2;;;;;;;;/q+2;;;;;;;;;;/p-2. The molecule has 0 saturated carbocycles. The van der Waals surface area contributed by atoms with Crippen molar-refractivity contribution in [1.82, 2.24) is 0 Å². The Morgan fingerprint density at radius 2 is 1.14 bits per heavy atom. The molecule has 0 heterocycles. The molecule has 0 rings (SSSR count). The van der Waals surface area contributed by atoms with Crippen LogP contribution in [-0.2, 0) is 21.2 Å². The Morgan fingerprint density at radius 1 is 1.14 bits per heavy atom. The molecule has 0 saturated heterocycles. The first-order valence-electron chi connectivity index (χ1n) is 0.698. The van der Waals surface area contributed by atoms with Gasteiger partial charge in [0.2, 0.25) is 0 Å². The summed E-state index contributed by atoms with van der Waals surface area (Å²) >= 11 is -5.25. The molecule has 0 aliphatic rings. The third-order valence-corrected chi connectivity index (χ3v) is 0. The van der Waals surface area contributed by atoms with E-state index in [0.29, 0.717) is 0 Å². The summed E-state index contributed by atoms with van der Waals surface area (Å²) in [6.45, 7) is 0. The van der Waals surface area contributed by atoms with Gasteiger partial charge in [-0.3, -0.25) is 0 Å². The van der Waals surface area contributed by atoms with Crippen molar-refractivity contribution >= 4 is 72.8 Å². The summed E-state index contributed by atoms with van der Waals surface area (Å²) in [4.78, 5) is 0. The van der Waals surface area contributed by atoms with E-state index in [1.165, 1.54) is 0 Å². The van der Waals surface area contributed by atoms with Crippen molar-refractivity contribution in [2.24, 2.45) is 0 Å². The van der Waals surface area contributed by atoms with Crippen LogP contribution < -0.4 is 0 Å². The third-order valence-electron chi connectivity index (χ3n) is 0. The fraction of sp³-hybridized carbons (Fsp3) is 0. The first-order chi connectivity index (χ1) is 2.00. The topological polar surface area (TPSA) is 74.6 Å². The molecule has 0 spiro atoms. The Labute approximate surface area is 100 Å². The average Bonchev–Trinajstić information content (AvgIpc) is 0.722. The van der Waals surface area contributed by atoms with Gasteiger partial charge >= 0.3 is 102 Å². The van der Waals surface area contributed by atoms with Crippen LogP contribution in [0.25, 0.3) is 0 Å². The monoisotopic (exact) mass is 418 g/mol. The molecule has 42 valence electrons. The van der Waals surface area contributed by atoms with Gasteiger partial charge in [-0.05, 0) is 0 Å². The second kappa shape index (κ2) is 6.57. The fourth-order valence-electron chi connectivity index (χ4n) is 0. The van der Waals surface area contributed by atoms with Crippen molar-refractivity contribution in [3.63, 3.8) is 0 Å². The van der Waals surface area contributed by atoms with Gasteiger partial charge < -0.3 is 0 Å². The van der Waals surface area contributed by atoms with Crippen LogP contribution in [0.15, 0.2) is 0 Å². The number of hydrogen-bond acceptors (Lipinski definition) is 2. The Balaban J connectivity index is -0.0000000800. The quantitative estimate of drug-likeness (QED) is 0.408. The van der Waals surface area contributed by atoms with Crippen molar-refractivity contribution in [3.05, 3.63) is 0 Å². The van der Waals surface area contributed by atoms with Crippen LogP contribution in [0.2, 0.25) is 0 Å². The van der Waals surface area contributed by atoms with Gasteiger partial charge in [0.1, 0.15) is 0 Å². The second-order valence-corrected chi connectivity index (χ2v) is 1.85. The van der Waals surface area contributed by atoms with E-state index < -0.39 is 13.6 Å². The Morgan fingerprint density at radius 3 is 1.14 bits per heavy atom. The summed E-state index contributed by atoms with van der Waals surface area (Å²) < 4.78 is 31.9. The molecule has 0 aromatic carbocycles. The van der Waals surface area contributed by atoms with Crippen molar-refractivity contribution in [1.29, 1.82) is 0 Å². The van der Waals surface area contributed by atoms with Gasteiger partial charge in [0.25, 0.3) is 0 Å². The summed E-state index contributed by atoms with van der Waals surface area (Å²) in [6.07, 6.45) is 0. The van der Waals surface area contributed by atoms with E-state index in [1.54, 1.807) is 0 Å². The molecule has 0 amide bonds. The Kier molecular flexibility index (Phi) is 15.2. The SMILES string of the molecule is [O]=[Cr](=[O])([OH])[OH].[PbH2].[SrH2]. The van der Waals surface area contributed by atoms with Gasteiger partial charge in [-0.2, -0.15) is 0 Å². The van der Waals surface area contributed by atoms with Crippen LogP contribution in [0.1, 0.15) is 0 Å². The van der Waals surface area contributed by atoms with Crippen molar-refractivity contribution in [3.8, 4) is 0 Å². The summed E-state index contributed by atoms with van der Waals surface area (Å²) in [5, 5.41) is 0. The van der Waals surface area contributed by atoms with Crippen molar-refractivity contribution in [2.75, 3.05) is 0 Å². The van der Waals surface area contributed by atoms with Crippen molar-refractivity contribution < 1.29 is 29.5 Å². The predicted octanol–water partition coefficient (Wildman–Crippen LogP) is -3.19. The average molecular weight is 417 g/mol. The molecule has 0 aliphatic heterocycles. The Hall–Kier alpha value is 2.46. The summed E-state index contributed by atoms with van der Waals surface area (Å²) in [6, 6.07) is 0. The van der Waals surface area contributed by atoms with Gasteiger partial charge in [-0.15, -0.1) is 0 Å². The van der Waals surface area contributed by atoms with E-state index in [2.05, 4.69) is 0 Å². The Bertz CT molecular complexity index is 94.9. The molecular formula is H6CrO4PbSr. The third kappa shape index (κ3) is 58.5. The first-order valence-corrected chi connectivity index (χ1v) is 2.88. The van der Waals surface area contributed by atoms with Crippen LogP contribution in [0, 0.1) is 0 Å². The molecular weight excluding hydrogens is 411 g/mol. The molecule has 0 fully saturated rings. The van der Waals surface area contributed by atoms with E-state index in [1.807, 2.05) is 0 Å². The summed E-state index contributed by atoms with van der Waals surface area (Å²) in [5.41, 5.74) is 0. The van der Waals surface area contributed by atoms with Crippen LogP contribution in [0.5, 0.6) is 0 Å². The van der Waals surface area contributed by atoms with Crippen LogP contribution in [-0.4, -0.2) is 81.1 Å². The molecule has 0 bridgehead atoms. The minimum atomic E-state index is -5.25. The molecule has 4 nitrogen and oxygen atoms in total. The molecule has 7 heteroatoms. The van der Waals surface area contributed by atoms with E-state index in [9.17, 15) is 0 Å². The van der Waals surface area contributed by atoms with Crippen LogP contribution in [0.4, 0.5) is 0 Å². The van der Waals surface area contributed by atoms with Crippen molar-refractivity contribution in [2.45, 2.75) is 0 Å². The molecule has 0 aromatic heterocycles. The zero-order valence-corrected chi connectivity index (χ0v) is 9.60. The van der Waals surface area contributed by atoms with E-state index in [-0.39, 0.29) is 72.8 Å². The second-order valence-electron chi connectivity index (χ2n) is 0.448. The molecule has 2 radical (unpaired) electrons. The van der Waals surface area contributed by atoms with Gasteiger partial charge in [0.05, 0.1) is 0 Å². The summed E-state index contributed by atoms with van der Waals surface area (Å²) in [7, 11) is 0. The maximum atomic E-state index is 8.82. The maximum absolute atomic E-state index is 8.82. The van der Waals surface area contributed by atoms with Gasteiger partial charge in [0.15, 0.2) is 0 Å². The predicted molar refractivity (Wildman–Crippen MR) is 22.9 cm³/mol. The summed E-state index contributed by atoms with van der Waals surface area (Å²) in [5.74, 6) is 0. The molecule has 0 unspecified atom stereocenters. The normalized spacial score (nSPS) is 8.29. The zero-order chi connectivity index (χ0) is 4.50. The number of rotatable bonds is 0. The molecule has 0 aromatic rings. The number of hydrogen-bond donors (Lipinski definition) is 2. The fourth-order valence-corrected chi connectivity index (χ4v) is 0. The minimum absolute atomic E-state index is 0. The van der Waals surface area contributed by atoms with Gasteiger partial charge in [-0.1, -0.05) is 0 Å².